The number of hydrogen-bond donors (Lipinski definition) is 1. The molecular formula is C19H52NO4PSSi2. The normalized spacial score (nSPS) is 9.39. The first-order valence-corrected chi connectivity index (χ1v) is 21.2. The molecule has 0 aliphatic heterocycles. The zero-order chi connectivity index (χ0) is 24.7. The Morgan fingerprint density at radius 2 is 0.929 bits per heavy atom. The lowest BCUT2D eigenvalue weighted by Gasteiger charge is -2.10. The highest BCUT2D eigenvalue weighted by Crippen LogP contribution is 2.14. The zero-order valence-electron chi connectivity index (χ0n) is 22.0. The van der Waals surface area contributed by atoms with Crippen LogP contribution in [0.2, 0.25) is 45.8 Å². The Morgan fingerprint density at radius 3 is 0.929 bits per heavy atom. The van der Waals surface area contributed by atoms with Gasteiger partial charge in [-0.05, 0) is 53.5 Å². The van der Waals surface area contributed by atoms with Crippen LogP contribution in [0.1, 0.15) is 20.8 Å². The van der Waals surface area contributed by atoms with Gasteiger partial charge in [-0.1, -0.05) is 26.2 Å². The molecule has 0 spiro atoms. The molecule has 176 valence electrons. The van der Waals surface area contributed by atoms with E-state index in [1.54, 1.807) is 26.7 Å². The van der Waals surface area contributed by atoms with Crippen LogP contribution in [-0.2, 0) is 24.8 Å². The molecule has 0 saturated heterocycles. The van der Waals surface area contributed by atoms with Crippen molar-refractivity contribution in [3.63, 3.8) is 0 Å². The minimum Gasteiger partial charge on any atom is -0.421 e. The van der Waals surface area contributed by atoms with E-state index in [-0.39, 0.29) is 11.7 Å². The molecule has 0 saturated carbocycles. The van der Waals surface area contributed by atoms with Crippen molar-refractivity contribution in [2.24, 2.45) is 0 Å². The molecule has 0 aromatic rings. The summed E-state index contributed by atoms with van der Waals surface area (Å²) >= 11 is 0. The van der Waals surface area contributed by atoms with Gasteiger partial charge >= 0.3 is 0 Å². The predicted octanol–water partition coefficient (Wildman–Crippen LogP) is 5.12. The first-order chi connectivity index (χ1) is 12.0. The van der Waals surface area contributed by atoms with Crippen LogP contribution in [0.4, 0.5) is 0 Å². The summed E-state index contributed by atoms with van der Waals surface area (Å²) in [5.74, 6) is 0.171. The second-order valence-electron chi connectivity index (χ2n) is 9.11. The summed E-state index contributed by atoms with van der Waals surface area (Å²) in [6, 6.07) is 0. The van der Waals surface area contributed by atoms with Gasteiger partial charge in [-0.15, -0.1) is 7.92 Å². The van der Waals surface area contributed by atoms with E-state index in [0.717, 1.165) is 0 Å². The fraction of sp³-hybridized carbons (Fsp3) is 0.895. The molecule has 5 nitrogen and oxygen atoms in total. The Morgan fingerprint density at radius 1 is 0.857 bits per heavy atom. The Labute approximate surface area is 183 Å². The van der Waals surface area contributed by atoms with Crippen LogP contribution in [0, 0.1) is 0 Å². The third-order valence-corrected chi connectivity index (χ3v) is 2.19. The average molecular weight is 478 g/mol. The van der Waals surface area contributed by atoms with Crippen LogP contribution in [0.3, 0.4) is 0 Å². The Hall–Kier alpha value is 0.114. The van der Waals surface area contributed by atoms with Crippen molar-refractivity contribution in [3.8, 4) is 0 Å². The Balaban J connectivity index is -0.0000000523. The van der Waals surface area contributed by atoms with Gasteiger partial charge in [-0.3, -0.25) is 9.00 Å². The molecular weight excluding hydrogens is 425 g/mol. The molecule has 0 aromatic heterocycles. The quantitative estimate of drug-likeness (QED) is 0.420. The summed E-state index contributed by atoms with van der Waals surface area (Å²) < 4.78 is 14.6. The highest BCUT2D eigenvalue weighted by Gasteiger charge is 2.09. The van der Waals surface area contributed by atoms with Gasteiger partial charge in [-0.2, -0.15) is 0 Å². The summed E-state index contributed by atoms with van der Waals surface area (Å²) in [5.41, 5.74) is 0. The van der Waals surface area contributed by atoms with Crippen molar-refractivity contribution < 1.29 is 18.2 Å². The first kappa shape index (κ1) is 42.3. The molecule has 0 radical (unpaired) electrons. The predicted molar refractivity (Wildman–Crippen MR) is 140 cm³/mol. The number of rotatable bonds is 1. The largest absolute Gasteiger partial charge is 0.421 e. The summed E-state index contributed by atoms with van der Waals surface area (Å²) in [4.78, 5) is 19.1. The fourth-order valence-corrected chi connectivity index (χ4v) is 0. The fourth-order valence-electron chi connectivity index (χ4n) is 0. The maximum Gasteiger partial charge on any atom is 0.216 e. The molecule has 0 aliphatic carbocycles. The summed E-state index contributed by atoms with van der Waals surface area (Å²) in [6.45, 7) is 27.0. The molecule has 1 amide bonds. The van der Waals surface area contributed by atoms with Crippen molar-refractivity contribution in [2.45, 2.75) is 66.6 Å². The van der Waals surface area contributed by atoms with Crippen molar-refractivity contribution in [1.29, 1.82) is 0 Å². The first-order valence-electron chi connectivity index (χ1n) is 9.10. The molecule has 0 atom stereocenters. The minimum atomic E-state index is -1.13. The van der Waals surface area contributed by atoms with Crippen LogP contribution < -0.4 is 5.32 Å². The highest BCUT2D eigenvalue weighted by molar-refractivity contribution is 7.83. The number of carbonyl (C=O) groups is 2. The number of Topliss-reactive ketones (excluding diaryl/α,β-unsaturated/α-hetero) is 1. The molecule has 0 rings (SSSR count). The van der Waals surface area contributed by atoms with Gasteiger partial charge in [0.2, 0.25) is 5.91 Å². The molecule has 0 aliphatic rings. The Bertz CT molecular complexity index is 341. The number of amides is 1. The third-order valence-electron chi connectivity index (χ3n) is 0.964. The maximum absolute atomic E-state index is 9.70. The van der Waals surface area contributed by atoms with E-state index in [2.05, 4.69) is 71.1 Å². The molecule has 0 aromatic carbocycles. The van der Waals surface area contributed by atoms with Crippen LogP contribution in [0.25, 0.3) is 0 Å². The lowest BCUT2D eigenvalue weighted by molar-refractivity contribution is -0.118. The number of hydrogen-bond acceptors (Lipinski definition) is 4. The van der Waals surface area contributed by atoms with E-state index in [0.29, 0.717) is 7.92 Å². The molecule has 0 fully saturated rings. The Kier molecular flexibility index (Phi) is 40.9. The standard InChI is InChI=1S/C4H12OSi.C4H12Si.C3H7NO.C3H6O.C3H9P.C2H6OS/c1-5-6(2,3)4;1-5(2,3)4;1-3(5)4-2;1-3(2)4;2*1-4(2)3/h1-4H3;1-4H3;1-2H3,(H,4,5);1-2H3;1-3H3;1-2H3. The molecule has 0 bridgehead atoms. The third kappa shape index (κ3) is 630. The van der Waals surface area contributed by atoms with Crippen LogP contribution in [0.5, 0.6) is 0 Å². The average Bonchev–Trinajstić information content (AvgIpc) is 2.34. The van der Waals surface area contributed by atoms with E-state index >= 15 is 0 Å². The number of ketones is 1. The van der Waals surface area contributed by atoms with Crippen molar-refractivity contribution >= 4 is 46.8 Å². The zero-order valence-corrected chi connectivity index (χ0v) is 25.7. The van der Waals surface area contributed by atoms with E-state index in [1.807, 2.05) is 0 Å². The van der Waals surface area contributed by atoms with Crippen LogP contribution in [-0.4, -0.2) is 79.0 Å². The smallest absolute Gasteiger partial charge is 0.216 e. The van der Waals surface area contributed by atoms with Crippen molar-refractivity contribution in [1.82, 2.24) is 5.32 Å². The van der Waals surface area contributed by atoms with Gasteiger partial charge in [0.1, 0.15) is 5.78 Å². The van der Waals surface area contributed by atoms with Gasteiger partial charge in [0.05, 0.1) is 0 Å². The van der Waals surface area contributed by atoms with Crippen LogP contribution >= 0.6 is 7.92 Å². The second kappa shape index (κ2) is 27.1. The van der Waals surface area contributed by atoms with Crippen molar-refractivity contribution in [2.75, 3.05) is 46.7 Å². The lowest BCUT2D eigenvalue weighted by atomic mass is 10.6. The van der Waals surface area contributed by atoms with Gasteiger partial charge in [0.15, 0.2) is 8.32 Å². The van der Waals surface area contributed by atoms with Crippen LogP contribution in [0.15, 0.2) is 0 Å². The van der Waals surface area contributed by atoms with E-state index in [4.69, 9.17) is 4.43 Å². The van der Waals surface area contributed by atoms with E-state index in [9.17, 15) is 13.8 Å². The van der Waals surface area contributed by atoms with E-state index in [1.165, 1.54) is 20.8 Å². The van der Waals surface area contributed by atoms with Gasteiger partial charge in [-0.25, -0.2) is 0 Å². The number of nitrogens with one attached hydrogen (secondary N) is 1. The molecule has 28 heavy (non-hydrogen) atoms. The maximum atomic E-state index is 9.70. The second-order valence-corrected chi connectivity index (χ2v) is 23.9. The SMILES string of the molecule is CC(C)=O.CNC(C)=O.CO[Si](C)(C)C.CP(C)C.CS(C)=O.C[Si](C)(C)C. The number of carbonyl (C=O) groups excluding carboxylic acids is 2. The summed E-state index contributed by atoms with van der Waals surface area (Å²) in [6.07, 6.45) is 3.28. The lowest BCUT2D eigenvalue weighted by Crippen LogP contribution is -2.22. The van der Waals surface area contributed by atoms with Gasteiger partial charge < -0.3 is 14.5 Å². The van der Waals surface area contributed by atoms with Gasteiger partial charge in [0.25, 0.3) is 0 Å². The monoisotopic (exact) mass is 477 g/mol. The summed E-state index contributed by atoms with van der Waals surface area (Å²) in [7, 11) is 1.40. The highest BCUT2D eigenvalue weighted by atomic mass is 32.2. The van der Waals surface area contributed by atoms with E-state index < -0.39 is 27.2 Å². The van der Waals surface area contributed by atoms with Crippen molar-refractivity contribution in [3.05, 3.63) is 0 Å². The molecule has 9 heteroatoms. The topological polar surface area (TPSA) is 72.5 Å². The van der Waals surface area contributed by atoms with Gasteiger partial charge in [0, 0.05) is 52.5 Å². The molecule has 0 heterocycles. The molecule has 1 N–H and O–H groups in total. The molecule has 0 unspecified atom stereocenters. The summed E-state index contributed by atoms with van der Waals surface area (Å²) in [5, 5.41) is 2.39. The minimum absolute atomic E-state index is 0.00463.